The number of pyridine rings is 1. The van der Waals surface area contributed by atoms with Gasteiger partial charge < -0.3 is 0 Å². The molecular formula is C17H14N2O2. The second kappa shape index (κ2) is 5.32. The standard InChI is InChI=1S/C17H14N2O2/c1-12-16(11-19(20)21)18-15-10-6-5-9-14(15)17(12)13-7-3-2-4-8-13/h2-10H,11H2,1H3. The van der Waals surface area contributed by atoms with E-state index in [0.29, 0.717) is 5.69 Å². The number of hydrogen-bond acceptors (Lipinski definition) is 3. The smallest absolute Gasteiger partial charge is 0.245 e. The topological polar surface area (TPSA) is 56.0 Å². The molecule has 0 fully saturated rings. The van der Waals surface area contributed by atoms with Crippen LogP contribution >= 0.6 is 0 Å². The molecule has 0 unspecified atom stereocenters. The van der Waals surface area contributed by atoms with E-state index in [1.165, 1.54) is 0 Å². The van der Waals surface area contributed by atoms with Crippen LogP contribution in [0.15, 0.2) is 54.6 Å². The molecule has 4 nitrogen and oxygen atoms in total. The van der Waals surface area contributed by atoms with E-state index in [0.717, 1.165) is 27.6 Å². The average Bonchev–Trinajstić information content (AvgIpc) is 2.48. The van der Waals surface area contributed by atoms with Crippen LogP contribution in [0.5, 0.6) is 0 Å². The lowest BCUT2D eigenvalue weighted by atomic mass is 9.95. The highest BCUT2D eigenvalue weighted by Gasteiger charge is 2.16. The highest BCUT2D eigenvalue weighted by Crippen LogP contribution is 2.32. The third-order valence-electron chi connectivity index (χ3n) is 3.58. The van der Waals surface area contributed by atoms with Crippen LogP contribution in [0.3, 0.4) is 0 Å². The Morgan fingerprint density at radius 2 is 1.71 bits per heavy atom. The molecule has 2 aromatic carbocycles. The van der Waals surface area contributed by atoms with Gasteiger partial charge in [-0.2, -0.15) is 0 Å². The normalized spacial score (nSPS) is 10.7. The fourth-order valence-electron chi connectivity index (χ4n) is 2.61. The summed E-state index contributed by atoms with van der Waals surface area (Å²) in [6.07, 6.45) is 0. The van der Waals surface area contributed by atoms with Crippen molar-refractivity contribution in [2.45, 2.75) is 13.5 Å². The van der Waals surface area contributed by atoms with Crippen LogP contribution in [0, 0.1) is 17.0 Å². The zero-order chi connectivity index (χ0) is 14.8. The van der Waals surface area contributed by atoms with Gasteiger partial charge in [0, 0.05) is 10.3 Å². The largest absolute Gasteiger partial charge is 0.264 e. The highest BCUT2D eigenvalue weighted by molar-refractivity contribution is 5.96. The van der Waals surface area contributed by atoms with Crippen LogP contribution in [0.4, 0.5) is 0 Å². The van der Waals surface area contributed by atoms with Gasteiger partial charge in [0.05, 0.1) is 5.52 Å². The second-order valence-corrected chi connectivity index (χ2v) is 4.93. The van der Waals surface area contributed by atoms with E-state index in [2.05, 4.69) is 4.98 Å². The molecule has 0 saturated heterocycles. The van der Waals surface area contributed by atoms with Crippen LogP contribution in [-0.2, 0) is 6.54 Å². The van der Waals surface area contributed by atoms with Crippen LogP contribution in [0.1, 0.15) is 11.3 Å². The molecule has 0 saturated carbocycles. The molecule has 0 N–H and O–H groups in total. The predicted molar refractivity (Wildman–Crippen MR) is 82.6 cm³/mol. The van der Waals surface area contributed by atoms with Crippen LogP contribution < -0.4 is 0 Å². The number of para-hydroxylation sites is 1. The minimum absolute atomic E-state index is 0.253. The first-order chi connectivity index (χ1) is 10.2. The molecule has 0 aliphatic rings. The summed E-state index contributed by atoms with van der Waals surface area (Å²) in [7, 11) is 0. The van der Waals surface area contributed by atoms with Crippen molar-refractivity contribution < 1.29 is 4.92 Å². The maximum Gasteiger partial charge on any atom is 0.245 e. The Morgan fingerprint density at radius 3 is 2.43 bits per heavy atom. The number of benzene rings is 2. The Hall–Kier alpha value is -2.75. The van der Waals surface area contributed by atoms with E-state index in [4.69, 9.17) is 0 Å². The van der Waals surface area contributed by atoms with Gasteiger partial charge in [0.25, 0.3) is 0 Å². The molecule has 1 heterocycles. The van der Waals surface area contributed by atoms with E-state index < -0.39 is 0 Å². The third-order valence-corrected chi connectivity index (χ3v) is 3.58. The van der Waals surface area contributed by atoms with Gasteiger partial charge in [-0.1, -0.05) is 48.5 Å². The minimum Gasteiger partial charge on any atom is -0.264 e. The van der Waals surface area contributed by atoms with Gasteiger partial charge in [-0.05, 0) is 29.7 Å². The van der Waals surface area contributed by atoms with E-state index in [1.54, 1.807) is 0 Å². The Kier molecular flexibility index (Phi) is 3.36. The summed E-state index contributed by atoms with van der Waals surface area (Å²) in [6, 6.07) is 17.7. The SMILES string of the molecule is Cc1c(C[N+](=O)[O-])nc2ccccc2c1-c1ccccc1. The van der Waals surface area contributed by atoms with Crippen molar-refractivity contribution in [3.63, 3.8) is 0 Å². The summed E-state index contributed by atoms with van der Waals surface area (Å²) in [4.78, 5) is 15.0. The van der Waals surface area contributed by atoms with Gasteiger partial charge in [-0.25, -0.2) is 4.98 Å². The molecule has 21 heavy (non-hydrogen) atoms. The number of rotatable bonds is 3. The molecule has 0 amide bonds. The molecule has 104 valence electrons. The molecule has 0 atom stereocenters. The molecule has 0 bridgehead atoms. The predicted octanol–water partition coefficient (Wildman–Crippen LogP) is 3.99. The first-order valence-corrected chi connectivity index (χ1v) is 6.72. The molecule has 3 aromatic rings. The molecule has 0 radical (unpaired) electrons. The fraction of sp³-hybridized carbons (Fsp3) is 0.118. The van der Waals surface area contributed by atoms with Gasteiger partial charge in [0.1, 0.15) is 5.69 Å². The zero-order valence-electron chi connectivity index (χ0n) is 11.6. The fourth-order valence-corrected chi connectivity index (χ4v) is 2.61. The van der Waals surface area contributed by atoms with Crippen molar-refractivity contribution in [2.75, 3.05) is 0 Å². The summed E-state index contributed by atoms with van der Waals surface area (Å²) in [5.74, 6) is 0. The van der Waals surface area contributed by atoms with E-state index in [1.807, 2.05) is 61.5 Å². The van der Waals surface area contributed by atoms with Crippen molar-refractivity contribution in [3.8, 4) is 11.1 Å². The average molecular weight is 278 g/mol. The van der Waals surface area contributed by atoms with Gasteiger partial charge in [-0.3, -0.25) is 10.1 Å². The molecule has 0 spiro atoms. The van der Waals surface area contributed by atoms with Crippen LogP contribution in [0.2, 0.25) is 0 Å². The Bertz CT molecular complexity index is 814. The molecule has 0 aliphatic carbocycles. The second-order valence-electron chi connectivity index (χ2n) is 4.93. The first-order valence-electron chi connectivity index (χ1n) is 6.72. The summed E-state index contributed by atoms with van der Waals surface area (Å²) in [5.41, 5.74) is 4.27. The number of fused-ring (bicyclic) bond motifs is 1. The van der Waals surface area contributed by atoms with Gasteiger partial charge in [0.2, 0.25) is 6.54 Å². The molecule has 0 aliphatic heterocycles. The lowest BCUT2D eigenvalue weighted by molar-refractivity contribution is -0.497. The van der Waals surface area contributed by atoms with Crippen molar-refractivity contribution in [1.29, 1.82) is 0 Å². The van der Waals surface area contributed by atoms with Crippen molar-refractivity contribution in [2.24, 2.45) is 0 Å². The summed E-state index contributed by atoms with van der Waals surface area (Å²) < 4.78 is 0. The maximum atomic E-state index is 10.9. The lowest BCUT2D eigenvalue weighted by Crippen LogP contribution is -2.05. The van der Waals surface area contributed by atoms with Gasteiger partial charge >= 0.3 is 0 Å². The first kappa shape index (κ1) is 13.2. The quantitative estimate of drug-likeness (QED) is 0.537. The highest BCUT2D eigenvalue weighted by atomic mass is 16.6. The summed E-state index contributed by atoms with van der Waals surface area (Å²) in [6.45, 7) is 1.65. The minimum atomic E-state index is -0.334. The molecule has 1 aromatic heterocycles. The number of nitro groups is 1. The monoisotopic (exact) mass is 278 g/mol. The molecule has 4 heteroatoms. The molecule has 3 rings (SSSR count). The summed E-state index contributed by atoms with van der Waals surface area (Å²) in [5, 5.41) is 11.9. The number of hydrogen-bond donors (Lipinski definition) is 0. The van der Waals surface area contributed by atoms with Gasteiger partial charge in [0.15, 0.2) is 0 Å². The Morgan fingerprint density at radius 1 is 1.05 bits per heavy atom. The summed E-state index contributed by atoms with van der Waals surface area (Å²) >= 11 is 0. The maximum absolute atomic E-state index is 10.9. The number of aromatic nitrogens is 1. The van der Waals surface area contributed by atoms with Crippen molar-refractivity contribution in [3.05, 3.63) is 76.0 Å². The Labute approximate surface area is 122 Å². The van der Waals surface area contributed by atoms with Gasteiger partial charge in [-0.15, -0.1) is 0 Å². The third kappa shape index (κ3) is 2.48. The Balaban J connectivity index is 2.34. The van der Waals surface area contributed by atoms with Crippen LogP contribution in [-0.4, -0.2) is 9.91 Å². The number of nitrogens with zero attached hydrogens (tertiary/aromatic N) is 2. The zero-order valence-corrected chi connectivity index (χ0v) is 11.6. The molecular weight excluding hydrogens is 264 g/mol. The van der Waals surface area contributed by atoms with E-state index >= 15 is 0 Å². The van der Waals surface area contributed by atoms with E-state index in [-0.39, 0.29) is 11.5 Å². The van der Waals surface area contributed by atoms with Crippen LogP contribution in [0.25, 0.3) is 22.0 Å². The van der Waals surface area contributed by atoms with E-state index in [9.17, 15) is 10.1 Å². The van der Waals surface area contributed by atoms with Crippen molar-refractivity contribution >= 4 is 10.9 Å². The van der Waals surface area contributed by atoms with Crippen molar-refractivity contribution in [1.82, 2.24) is 4.98 Å². The lowest BCUT2D eigenvalue weighted by Gasteiger charge is -2.13.